The van der Waals surface area contributed by atoms with Gasteiger partial charge in [0.1, 0.15) is 5.58 Å². The number of tetrazole rings is 1. The van der Waals surface area contributed by atoms with Crippen molar-refractivity contribution in [3.05, 3.63) is 35.6 Å². The van der Waals surface area contributed by atoms with E-state index in [4.69, 9.17) is 4.42 Å². The van der Waals surface area contributed by atoms with Gasteiger partial charge in [-0.05, 0) is 36.3 Å². The summed E-state index contributed by atoms with van der Waals surface area (Å²) in [6, 6.07) is 8.07. The fourth-order valence-corrected chi connectivity index (χ4v) is 4.10. The molecule has 2 aromatic heterocycles. The first kappa shape index (κ1) is 15.4. The van der Waals surface area contributed by atoms with Crippen LogP contribution in [0.1, 0.15) is 47.8 Å². The lowest BCUT2D eigenvalue weighted by molar-refractivity contribution is 0.0993. The number of Topliss-reactive ketones (excluding diaryl/α,β-unsaturated/α-hetero) is 1. The van der Waals surface area contributed by atoms with Gasteiger partial charge in [-0.2, -0.15) is 0 Å². The molecule has 0 bridgehead atoms. The number of nitrogens with zero attached hydrogens (tertiary/aromatic N) is 4. The minimum Gasteiger partial charge on any atom is -0.453 e. The van der Waals surface area contributed by atoms with E-state index in [-0.39, 0.29) is 11.5 Å². The standard InChI is InChI=1S/C17H18N4O2S/c1-11-13-8-4-5-9-15(13)23-16(11)14(22)10-24-17-18-19-20-21(17)12-6-2-3-7-12/h4-5,8-9,12H,2-3,6-7,10H2,1H3. The Kier molecular flexibility index (Phi) is 4.10. The smallest absolute Gasteiger partial charge is 0.210 e. The van der Waals surface area contributed by atoms with E-state index in [1.54, 1.807) is 0 Å². The molecule has 0 spiro atoms. The number of para-hydroxylation sites is 1. The number of carbonyl (C=O) groups is 1. The van der Waals surface area contributed by atoms with Crippen molar-refractivity contribution in [2.45, 2.75) is 43.8 Å². The maximum Gasteiger partial charge on any atom is 0.210 e. The summed E-state index contributed by atoms with van der Waals surface area (Å²) < 4.78 is 7.61. The summed E-state index contributed by atoms with van der Waals surface area (Å²) in [5.74, 6) is 0.673. The van der Waals surface area contributed by atoms with Crippen molar-refractivity contribution in [3.63, 3.8) is 0 Å². The highest BCUT2D eigenvalue weighted by Gasteiger charge is 2.23. The summed E-state index contributed by atoms with van der Waals surface area (Å²) in [4.78, 5) is 12.6. The number of benzene rings is 1. The average molecular weight is 342 g/mol. The Bertz CT molecular complexity index is 880. The van der Waals surface area contributed by atoms with Crippen LogP contribution in [0.2, 0.25) is 0 Å². The minimum absolute atomic E-state index is 0.0327. The molecular formula is C17H18N4O2S. The molecule has 1 saturated carbocycles. The summed E-state index contributed by atoms with van der Waals surface area (Å²) >= 11 is 1.38. The Hall–Kier alpha value is -2.15. The highest BCUT2D eigenvalue weighted by Crippen LogP contribution is 2.32. The number of aromatic nitrogens is 4. The lowest BCUT2D eigenvalue weighted by atomic mass is 10.1. The molecule has 0 amide bonds. The van der Waals surface area contributed by atoms with Crippen LogP contribution < -0.4 is 0 Å². The lowest BCUT2D eigenvalue weighted by Crippen LogP contribution is -2.10. The number of hydrogen-bond acceptors (Lipinski definition) is 6. The van der Waals surface area contributed by atoms with Gasteiger partial charge in [-0.25, -0.2) is 4.68 Å². The van der Waals surface area contributed by atoms with Crippen molar-refractivity contribution in [2.75, 3.05) is 5.75 Å². The maximum atomic E-state index is 12.6. The van der Waals surface area contributed by atoms with Crippen LogP contribution in [-0.2, 0) is 0 Å². The summed E-state index contributed by atoms with van der Waals surface area (Å²) in [5.41, 5.74) is 1.64. The van der Waals surface area contributed by atoms with Crippen LogP contribution in [0.3, 0.4) is 0 Å². The van der Waals surface area contributed by atoms with Gasteiger partial charge < -0.3 is 4.42 Å². The molecule has 24 heavy (non-hydrogen) atoms. The third kappa shape index (κ3) is 2.73. The van der Waals surface area contributed by atoms with Crippen LogP contribution in [0.4, 0.5) is 0 Å². The van der Waals surface area contributed by atoms with Crippen LogP contribution in [0.25, 0.3) is 11.0 Å². The van der Waals surface area contributed by atoms with E-state index in [9.17, 15) is 4.79 Å². The number of thioether (sulfide) groups is 1. The monoisotopic (exact) mass is 342 g/mol. The van der Waals surface area contributed by atoms with E-state index in [0.29, 0.717) is 17.0 Å². The Balaban J connectivity index is 1.50. The molecule has 1 fully saturated rings. The quantitative estimate of drug-likeness (QED) is 0.518. The van der Waals surface area contributed by atoms with Crippen molar-refractivity contribution in [3.8, 4) is 0 Å². The van der Waals surface area contributed by atoms with Crippen LogP contribution in [0.5, 0.6) is 0 Å². The van der Waals surface area contributed by atoms with Crippen LogP contribution in [0.15, 0.2) is 33.8 Å². The predicted molar refractivity (Wildman–Crippen MR) is 91.3 cm³/mol. The normalized spacial score (nSPS) is 15.4. The second kappa shape index (κ2) is 6.39. The molecule has 0 N–H and O–H groups in total. The van der Waals surface area contributed by atoms with Gasteiger partial charge in [-0.3, -0.25) is 4.79 Å². The van der Waals surface area contributed by atoms with Crippen LogP contribution in [-0.4, -0.2) is 31.7 Å². The number of aryl methyl sites for hydroxylation is 1. The molecule has 2 heterocycles. The van der Waals surface area contributed by atoms with Gasteiger partial charge in [0.15, 0.2) is 5.76 Å². The highest BCUT2D eigenvalue weighted by molar-refractivity contribution is 7.99. The minimum atomic E-state index is -0.0327. The lowest BCUT2D eigenvalue weighted by Gasteiger charge is -2.10. The number of carbonyl (C=O) groups excluding carboxylic acids is 1. The molecule has 0 aliphatic heterocycles. The largest absolute Gasteiger partial charge is 0.453 e. The van der Waals surface area contributed by atoms with Crippen molar-refractivity contribution in [2.24, 2.45) is 0 Å². The number of furan rings is 1. The first-order valence-electron chi connectivity index (χ1n) is 8.16. The SMILES string of the molecule is Cc1c(C(=O)CSc2nnnn2C2CCCC2)oc2ccccc12. The van der Waals surface area contributed by atoms with Gasteiger partial charge in [0, 0.05) is 10.9 Å². The van der Waals surface area contributed by atoms with E-state index >= 15 is 0 Å². The molecule has 0 saturated heterocycles. The van der Waals surface area contributed by atoms with Gasteiger partial charge in [0.05, 0.1) is 11.8 Å². The topological polar surface area (TPSA) is 73.8 Å². The maximum absolute atomic E-state index is 12.6. The molecule has 0 unspecified atom stereocenters. The molecular weight excluding hydrogens is 324 g/mol. The zero-order chi connectivity index (χ0) is 16.5. The Morgan fingerprint density at radius 3 is 2.92 bits per heavy atom. The second-order valence-electron chi connectivity index (χ2n) is 6.11. The van der Waals surface area contributed by atoms with Crippen LogP contribution >= 0.6 is 11.8 Å². The van der Waals surface area contributed by atoms with Crippen molar-refractivity contribution >= 4 is 28.5 Å². The molecule has 7 heteroatoms. The van der Waals surface area contributed by atoms with Gasteiger partial charge in [0.2, 0.25) is 10.9 Å². The summed E-state index contributed by atoms with van der Waals surface area (Å²) in [6.07, 6.45) is 4.64. The van der Waals surface area contributed by atoms with Gasteiger partial charge >= 0.3 is 0 Å². The fourth-order valence-electron chi connectivity index (χ4n) is 3.29. The molecule has 1 aromatic carbocycles. The van der Waals surface area contributed by atoms with Crippen molar-refractivity contribution < 1.29 is 9.21 Å². The molecule has 124 valence electrons. The number of rotatable bonds is 5. The summed E-state index contributed by atoms with van der Waals surface area (Å²) in [5, 5.41) is 13.7. The van der Waals surface area contributed by atoms with E-state index in [0.717, 1.165) is 29.4 Å². The Morgan fingerprint density at radius 2 is 2.12 bits per heavy atom. The Labute approximate surface area is 143 Å². The molecule has 1 aliphatic carbocycles. The van der Waals surface area contributed by atoms with Crippen molar-refractivity contribution in [1.29, 1.82) is 0 Å². The van der Waals surface area contributed by atoms with Gasteiger partial charge in [-0.1, -0.05) is 42.8 Å². The molecule has 1 aliphatic rings. The zero-order valence-electron chi connectivity index (χ0n) is 13.4. The number of ketones is 1. The van der Waals surface area contributed by atoms with Crippen molar-refractivity contribution in [1.82, 2.24) is 20.2 Å². The first-order valence-corrected chi connectivity index (χ1v) is 9.14. The van der Waals surface area contributed by atoms with E-state index in [1.807, 2.05) is 35.9 Å². The number of fused-ring (bicyclic) bond motifs is 1. The van der Waals surface area contributed by atoms with E-state index in [1.165, 1.54) is 24.6 Å². The molecule has 0 radical (unpaired) electrons. The summed E-state index contributed by atoms with van der Waals surface area (Å²) in [7, 11) is 0. The molecule has 6 nitrogen and oxygen atoms in total. The number of hydrogen-bond donors (Lipinski definition) is 0. The predicted octanol–water partition coefficient (Wildman–Crippen LogP) is 3.82. The molecule has 4 rings (SSSR count). The second-order valence-corrected chi connectivity index (χ2v) is 7.05. The zero-order valence-corrected chi connectivity index (χ0v) is 14.3. The van der Waals surface area contributed by atoms with E-state index < -0.39 is 0 Å². The third-order valence-corrected chi connectivity index (χ3v) is 5.50. The first-order chi connectivity index (χ1) is 11.7. The van der Waals surface area contributed by atoms with E-state index in [2.05, 4.69) is 15.5 Å². The Morgan fingerprint density at radius 1 is 1.33 bits per heavy atom. The average Bonchev–Trinajstić information content (AvgIpc) is 3.32. The molecule has 0 atom stereocenters. The molecule has 3 aromatic rings. The van der Waals surface area contributed by atoms with Gasteiger partial charge in [-0.15, -0.1) is 5.10 Å². The fraction of sp³-hybridized carbons (Fsp3) is 0.412. The third-order valence-electron chi connectivity index (χ3n) is 4.56. The van der Waals surface area contributed by atoms with Crippen LogP contribution in [0, 0.1) is 6.92 Å². The highest BCUT2D eigenvalue weighted by atomic mass is 32.2. The summed E-state index contributed by atoms with van der Waals surface area (Å²) in [6.45, 7) is 1.92. The van der Waals surface area contributed by atoms with Gasteiger partial charge in [0.25, 0.3) is 0 Å².